The molecule has 0 aliphatic heterocycles. The van der Waals surface area contributed by atoms with Gasteiger partial charge in [0.05, 0.1) is 10.2 Å². The van der Waals surface area contributed by atoms with Crippen molar-refractivity contribution in [3.8, 4) is 0 Å². The smallest absolute Gasteiger partial charge is 0.315 e. The standard InChI is InChI=1S/C21H23N9O4/c31-21(32)28(13-5-11-22-19-24-15-7-1-3-9-17(15)29(33)26-19)14-6-12-23-20-25-16-8-2-4-10-18(16)30(34)27-20/h1-4,7-10H,5-6,11-14H2,(H3-,22,23,24,25,26,27,31,32,33). The van der Waals surface area contributed by atoms with Crippen LogP contribution in [0.2, 0.25) is 0 Å². The Labute approximate surface area is 193 Å². The van der Waals surface area contributed by atoms with Crippen LogP contribution in [0.25, 0.3) is 22.1 Å². The molecule has 3 N–H and O–H groups in total. The Hall–Kier alpha value is -4.55. The zero-order chi connectivity index (χ0) is 23.9. The van der Waals surface area contributed by atoms with Crippen molar-refractivity contribution in [1.82, 2.24) is 25.1 Å². The molecule has 1 amide bonds. The Morgan fingerprint density at radius 2 is 1.41 bits per heavy atom. The van der Waals surface area contributed by atoms with E-state index in [4.69, 9.17) is 0 Å². The molecule has 0 fully saturated rings. The number of benzene rings is 2. The minimum Gasteiger partial charge on any atom is -0.594 e. The Kier molecular flexibility index (Phi) is 6.91. The van der Waals surface area contributed by atoms with Crippen LogP contribution >= 0.6 is 0 Å². The summed E-state index contributed by atoms with van der Waals surface area (Å²) in [4.78, 5) is 22.5. The third kappa shape index (κ3) is 5.43. The molecule has 0 bridgehead atoms. The lowest BCUT2D eigenvalue weighted by atomic mass is 10.3. The molecule has 0 radical (unpaired) electrons. The van der Waals surface area contributed by atoms with Crippen LogP contribution in [0, 0.1) is 5.21 Å². The summed E-state index contributed by atoms with van der Waals surface area (Å²) in [5.74, 6) is 0.408. The first kappa shape index (κ1) is 22.6. The van der Waals surface area contributed by atoms with Crippen molar-refractivity contribution >= 4 is 40.1 Å². The fraction of sp³-hybridized carbons (Fsp3) is 0.286. The molecule has 34 heavy (non-hydrogen) atoms. The maximum absolute atomic E-state index is 12.0. The van der Waals surface area contributed by atoms with E-state index in [9.17, 15) is 20.3 Å². The number of rotatable bonds is 10. The zero-order valence-electron chi connectivity index (χ0n) is 18.2. The first-order chi connectivity index (χ1) is 16.5. The summed E-state index contributed by atoms with van der Waals surface area (Å²) < 4.78 is 0. The second kappa shape index (κ2) is 10.4. The van der Waals surface area contributed by atoms with E-state index >= 15 is 0 Å². The summed E-state index contributed by atoms with van der Waals surface area (Å²) in [7, 11) is 0. The van der Waals surface area contributed by atoms with E-state index in [0.717, 1.165) is 4.85 Å². The van der Waals surface area contributed by atoms with Crippen LogP contribution in [0.3, 0.4) is 0 Å². The van der Waals surface area contributed by atoms with Gasteiger partial charge in [0.2, 0.25) is 0 Å². The lowest BCUT2D eigenvalue weighted by molar-refractivity contribution is -0.928. The third-order valence-corrected chi connectivity index (χ3v) is 5.05. The van der Waals surface area contributed by atoms with Gasteiger partial charge >= 0.3 is 5.52 Å². The summed E-state index contributed by atoms with van der Waals surface area (Å²) in [5.41, 5.74) is 1.93. The number of carbonyl (C=O) groups is 1. The number of carbonyl (C=O) groups excluding carboxylic acids is 1. The average molecular weight is 465 g/mol. The van der Waals surface area contributed by atoms with Crippen LogP contribution < -0.4 is 25.4 Å². The maximum Gasteiger partial charge on any atom is 0.315 e. The van der Waals surface area contributed by atoms with E-state index in [-0.39, 0.29) is 25.0 Å². The van der Waals surface area contributed by atoms with Crippen LogP contribution in [0.4, 0.5) is 16.7 Å². The van der Waals surface area contributed by atoms with E-state index in [1.165, 1.54) is 4.90 Å². The van der Waals surface area contributed by atoms with E-state index in [2.05, 4.69) is 30.8 Å². The van der Waals surface area contributed by atoms with E-state index < -0.39 is 6.09 Å². The van der Waals surface area contributed by atoms with Crippen LogP contribution in [-0.2, 0) is 0 Å². The summed E-state index contributed by atoms with van der Waals surface area (Å²) >= 11 is 0. The van der Waals surface area contributed by atoms with E-state index in [0.29, 0.717) is 52.8 Å². The largest absolute Gasteiger partial charge is 0.594 e. The normalized spacial score (nSPS) is 10.9. The number of nitrogens with zero attached hydrogens (tertiary/aromatic N) is 7. The third-order valence-electron chi connectivity index (χ3n) is 5.05. The summed E-state index contributed by atoms with van der Waals surface area (Å²) in [5, 5.41) is 47.0. The van der Waals surface area contributed by atoms with Gasteiger partial charge in [-0.2, -0.15) is 0 Å². The average Bonchev–Trinajstić information content (AvgIpc) is 2.83. The molecule has 2 aromatic heterocycles. The molecule has 0 aliphatic rings. The van der Waals surface area contributed by atoms with Gasteiger partial charge in [0, 0.05) is 38.3 Å². The summed E-state index contributed by atoms with van der Waals surface area (Å²) in [6.07, 6.45) is -0.323. The van der Waals surface area contributed by atoms with Crippen molar-refractivity contribution in [2.75, 3.05) is 36.8 Å². The number of carboxylic acid groups (broad SMARTS) is 1. The van der Waals surface area contributed by atoms with Gasteiger partial charge in [0.25, 0.3) is 17.4 Å². The fourth-order valence-electron chi connectivity index (χ4n) is 3.39. The topological polar surface area (TPSA) is 170 Å². The number of hydrogen-bond donors (Lipinski definition) is 3. The quantitative estimate of drug-likeness (QED) is 0.122. The molecule has 13 nitrogen and oxygen atoms in total. The summed E-state index contributed by atoms with van der Waals surface area (Å²) in [6, 6.07) is 13.9. The first-order valence-corrected chi connectivity index (χ1v) is 10.7. The number of anilines is 2. The number of hydrogen-bond acceptors (Lipinski definition) is 10. The minimum atomic E-state index is -1.27. The Morgan fingerprint density at radius 1 is 0.882 bits per heavy atom. The molecule has 0 saturated heterocycles. The van der Waals surface area contributed by atoms with E-state index in [1.807, 2.05) is 0 Å². The molecular formula is C21H23N9O4. The Balaban J connectivity index is 1.22. The molecule has 13 heteroatoms. The number of nitrogens with one attached hydrogen (secondary N) is 2. The van der Waals surface area contributed by atoms with E-state index in [1.54, 1.807) is 48.5 Å². The lowest BCUT2D eigenvalue weighted by Gasteiger charge is -2.25. The molecule has 0 unspecified atom stereocenters. The molecule has 0 aliphatic carbocycles. The van der Waals surface area contributed by atoms with Crippen molar-refractivity contribution in [2.24, 2.45) is 0 Å². The molecule has 0 atom stereocenters. The molecule has 0 spiro atoms. The van der Waals surface area contributed by atoms with Crippen molar-refractivity contribution in [2.45, 2.75) is 12.8 Å². The highest BCUT2D eigenvalue weighted by Gasteiger charge is 2.14. The van der Waals surface area contributed by atoms with Crippen LogP contribution in [-0.4, -0.2) is 62.5 Å². The predicted octanol–water partition coefficient (Wildman–Crippen LogP) is -0.319. The highest BCUT2D eigenvalue weighted by atomic mass is 16.5. The highest BCUT2D eigenvalue weighted by molar-refractivity contribution is 5.71. The molecule has 4 rings (SSSR count). The Morgan fingerprint density at radius 3 is 2.03 bits per heavy atom. The maximum atomic E-state index is 12.0. The zero-order valence-corrected chi connectivity index (χ0v) is 18.2. The Bertz CT molecular complexity index is 1210. The number of amides is 1. The molecule has 0 saturated carbocycles. The molecule has 176 valence electrons. The van der Waals surface area contributed by atoms with Gasteiger partial charge in [-0.3, -0.25) is 5.21 Å². The predicted molar refractivity (Wildman–Crippen MR) is 119 cm³/mol. The van der Waals surface area contributed by atoms with Gasteiger partial charge in [-0.1, -0.05) is 24.3 Å². The monoisotopic (exact) mass is 465 g/mol. The van der Waals surface area contributed by atoms with Gasteiger partial charge < -0.3 is 30.6 Å². The molecular weight excluding hydrogens is 442 g/mol. The highest BCUT2D eigenvalue weighted by Crippen LogP contribution is 2.09. The number of fused-ring (bicyclic) bond motifs is 2. The van der Waals surface area contributed by atoms with Crippen molar-refractivity contribution in [3.05, 3.63) is 53.7 Å². The van der Waals surface area contributed by atoms with Gasteiger partial charge in [-0.15, -0.1) is 0 Å². The van der Waals surface area contributed by atoms with Gasteiger partial charge in [-0.25, -0.2) is 9.97 Å². The summed E-state index contributed by atoms with van der Waals surface area (Å²) in [6.45, 7) is 1.26. The minimum absolute atomic E-state index is 0.175. The number of aromatic nitrogens is 6. The SMILES string of the molecule is O=C([O-])N(CCCNc1nc2ccccc2[n+]([O-])n1)CCCNc1nc2ccccc2[n+](O)n1. The van der Waals surface area contributed by atoms with Crippen LogP contribution in [0.5, 0.6) is 0 Å². The van der Waals surface area contributed by atoms with Gasteiger partial charge in [0.1, 0.15) is 22.0 Å². The van der Waals surface area contributed by atoms with Crippen molar-refractivity contribution in [3.63, 3.8) is 0 Å². The molecule has 2 aromatic carbocycles. The second-order valence-corrected chi connectivity index (χ2v) is 7.42. The molecule has 4 aromatic rings. The lowest BCUT2D eigenvalue weighted by Crippen LogP contribution is -2.43. The van der Waals surface area contributed by atoms with Gasteiger partial charge in [0.15, 0.2) is 0 Å². The second-order valence-electron chi connectivity index (χ2n) is 7.42. The van der Waals surface area contributed by atoms with Crippen LogP contribution in [0.1, 0.15) is 12.8 Å². The van der Waals surface area contributed by atoms with Crippen molar-refractivity contribution < 1.29 is 24.8 Å². The van der Waals surface area contributed by atoms with Crippen molar-refractivity contribution in [1.29, 1.82) is 0 Å². The number of para-hydroxylation sites is 4. The van der Waals surface area contributed by atoms with Crippen LogP contribution in [0.15, 0.2) is 48.5 Å². The fourth-order valence-corrected chi connectivity index (χ4v) is 3.39. The molecule has 2 heterocycles. The van der Waals surface area contributed by atoms with Gasteiger partial charge in [-0.05, 0) is 29.8 Å². The first-order valence-electron chi connectivity index (χ1n) is 10.7.